The van der Waals surface area contributed by atoms with E-state index in [1.54, 1.807) is 0 Å². The Morgan fingerprint density at radius 3 is 2.00 bits per heavy atom. The molecule has 0 unspecified atom stereocenters. The largest absolute Gasteiger partial charge is 0.383 e. The maximum absolute atomic E-state index is 5.94. The van der Waals surface area contributed by atoms with Crippen LogP contribution in [0.25, 0.3) is 0 Å². The standard InChI is InChI=1S/C13H22BrN3/c1-12(2,3)7-8-16-10(13(4,5)6)9(14)11(15)17-8/h7H2,1-6H3,(H2,15,16,17). The highest BCUT2D eigenvalue weighted by molar-refractivity contribution is 9.10. The predicted octanol–water partition coefficient (Wildman–Crippen LogP) is 3.71. The second kappa shape index (κ2) is 4.56. The van der Waals surface area contributed by atoms with Crippen LogP contribution in [0.4, 0.5) is 5.82 Å². The van der Waals surface area contributed by atoms with Gasteiger partial charge in [-0.3, -0.25) is 0 Å². The molecule has 0 bridgehead atoms. The Morgan fingerprint density at radius 1 is 1.06 bits per heavy atom. The van der Waals surface area contributed by atoms with Crippen LogP contribution < -0.4 is 5.73 Å². The number of rotatable bonds is 1. The van der Waals surface area contributed by atoms with Crippen LogP contribution in [-0.4, -0.2) is 9.97 Å². The van der Waals surface area contributed by atoms with E-state index in [2.05, 4.69) is 67.4 Å². The van der Waals surface area contributed by atoms with Crippen molar-refractivity contribution in [1.82, 2.24) is 9.97 Å². The first-order valence-corrected chi connectivity index (χ1v) is 6.62. The van der Waals surface area contributed by atoms with Gasteiger partial charge in [-0.1, -0.05) is 41.5 Å². The molecule has 0 aliphatic carbocycles. The molecule has 0 aliphatic rings. The lowest BCUT2D eigenvalue weighted by Crippen LogP contribution is -2.20. The first-order valence-electron chi connectivity index (χ1n) is 5.83. The monoisotopic (exact) mass is 299 g/mol. The summed E-state index contributed by atoms with van der Waals surface area (Å²) in [5.41, 5.74) is 7.04. The lowest BCUT2D eigenvalue weighted by Gasteiger charge is -2.23. The number of nitrogens with zero attached hydrogens (tertiary/aromatic N) is 2. The molecule has 0 aromatic carbocycles. The van der Waals surface area contributed by atoms with Gasteiger partial charge in [-0.25, -0.2) is 9.97 Å². The van der Waals surface area contributed by atoms with E-state index in [4.69, 9.17) is 5.73 Å². The van der Waals surface area contributed by atoms with Gasteiger partial charge in [0.05, 0.1) is 10.2 Å². The molecular formula is C13H22BrN3. The van der Waals surface area contributed by atoms with E-state index in [0.29, 0.717) is 5.82 Å². The highest BCUT2D eigenvalue weighted by Crippen LogP contribution is 2.32. The fraction of sp³-hybridized carbons (Fsp3) is 0.692. The molecule has 1 aromatic heterocycles. The van der Waals surface area contributed by atoms with Crippen molar-refractivity contribution in [2.75, 3.05) is 5.73 Å². The first kappa shape index (κ1) is 14.4. The van der Waals surface area contributed by atoms with E-state index < -0.39 is 0 Å². The molecule has 1 rings (SSSR count). The zero-order chi connectivity index (χ0) is 13.4. The summed E-state index contributed by atoms with van der Waals surface area (Å²) in [6.45, 7) is 12.9. The Kier molecular flexibility index (Phi) is 3.87. The Hall–Kier alpha value is -0.640. The van der Waals surface area contributed by atoms with Crippen molar-refractivity contribution in [3.05, 3.63) is 16.0 Å². The van der Waals surface area contributed by atoms with Gasteiger partial charge in [0.2, 0.25) is 0 Å². The molecule has 0 atom stereocenters. The molecule has 1 heterocycles. The van der Waals surface area contributed by atoms with Gasteiger partial charge in [-0.15, -0.1) is 0 Å². The van der Waals surface area contributed by atoms with Crippen LogP contribution in [-0.2, 0) is 11.8 Å². The molecule has 2 N–H and O–H groups in total. The van der Waals surface area contributed by atoms with Gasteiger partial charge >= 0.3 is 0 Å². The molecule has 3 nitrogen and oxygen atoms in total. The van der Waals surface area contributed by atoms with Gasteiger partial charge in [0, 0.05) is 11.8 Å². The molecule has 0 fully saturated rings. The Bertz CT molecular complexity index is 414. The smallest absolute Gasteiger partial charge is 0.141 e. The van der Waals surface area contributed by atoms with Crippen LogP contribution in [0.2, 0.25) is 0 Å². The molecular weight excluding hydrogens is 278 g/mol. The molecule has 96 valence electrons. The van der Waals surface area contributed by atoms with E-state index in [9.17, 15) is 0 Å². The number of hydrogen-bond acceptors (Lipinski definition) is 3. The Labute approximate surface area is 112 Å². The summed E-state index contributed by atoms with van der Waals surface area (Å²) in [4.78, 5) is 9.00. The van der Waals surface area contributed by atoms with Crippen molar-refractivity contribution < 1.29 is 0 Å². The van der Waals surface area contributed by atoms with Crippen LogP contribution in [0.15, 0.2) is 4.47 Å². The van der Waals surface area contributed by atoms with Gasteiger partial charge in [0.1, 0.15) is 11.6 Å². The summed E-state index contributed by atoms with van der Waals surface area (Å²) in [5.74, 6) is 1.35. The van der Waals surface area contributed by atoms with Crippen LogP contribution in [0.1, 0.15) is 53.1 Å². The number of anilines is 1. The topological polar surface area (TPSA) is 51.8 Å². The molecule has 4 heteroatoms. The van der Waals surface area contributed by atoms with Crippen molar-refractivity contribution in [3.8, 4) is 0 Å². The normalized spacial score (nSPS) is 12.9. The lowest BCUT2D eigenvalue weighted by molar-refractivity contribution is 0.398. The number of aromatic nitrogens is 2. The van der Waals surface area contributed by atoms with Gasteiger partial charge in [0.15, 0.2) is 0 Å². The van der Waals surface area contributed by atoms with Crippen LogP contribution in [0, 0.1) is 5.41 Å². The maximum Gasteiger partial charge on any atom is 0.141 e. The highest BCUT2D eigenvalue weighted by Gasteiger charge is 2.23. The number of nitrogen functional groups attached to an aromatic ring is 1. The zero-order valence-corrected chi connectivity index (χ0v) is 13.1. The first-order chi connectivity index (χ1) is 7.50. The lowest BCUT2D eigenvalue weighted by atomic mass is 9.90. The molecule has 0 saturated heterocycles. The number of nitrogens with two attached hydrogens (primary N) is 1. The van der Waals surface area contributed by atoms with Crippen LogP contribution >= 0.6 is 15.9 Å². The zero-order valence-electron chi connectivity index (χ0n) is 11.6. The van der Waals surface area contributed by atoms with Crippen molar-refractivity contribution in [3.63, 3.8) is 0 Å². The Morgan fingerprint density at radius 2 is 1.59 bits per heavy atom. The van der Waals surface area contributed by atoms with E-state index in [-0.39, 0.29) is 10.8 Å². The predicted molar refractivity (Wildman–Crippen MR) is 76.0 cm³/mol. The molecule has 0 saturated carbocycles. The molecule has 0 spiro atoms. The fourth-order valence-corrected chi connectivity index (χ4v) is 2.33. The minimum Gasteiger partial charge on any atom is -0.383 e. The van der Waals surface area contributed by atoms with Gasteiger partial charge in [-0.05, 0) is 21.3 Å². The van der Waals surface area contributed by atoms with Crippen molar-refractivity contribution in [1.29, 1.82) is 0 Å². The van der Waals surface area contributed by atoms with Gasteiger partial charge < -0.3 is 5.73 Å². The third-order valence-electron chi connectivity index (χ3n) is 2.32. The van der Waals surface area contributed by atoms with Gasteiger partial charge in [-0.2, -0.15) is 0 Å². The molecule has 0 aliphatic heterocycles. The van der Waals surface area contributed by atoms with E-state index in [1.807, 2.05) is 0 Å². The van der Waals surface area contributed by atoms with E-state index in [1.165, 1.54) is 0 Å². The van der Waals surface area contributed by atoms with Crippen molar-refractivity contribution in [2.24, 2.45) is 5.41 Å². The maximum atomic E-state index is 5.94. The van der Waals surface area contributed by atoms with E-state index >= 15 is 0 Å². The summed E-state index contributed by atoms with van der Waals surface area (Å²) >= 11 is 3.48. The number of hydrogen-bond donors (Lipinski definition) is 1. The average molecular weight is 300 g/mol. The average Bonchev–Trinajstić information content (AvgIpc) is 2.06. The minimum absolute atomic E-state index is 0.0392. The second-order valence-electron chi connectivity index (χ2n) is 6.68. The fourth-order valence-electron chi connectivity index (χ4n) is 1.56. The minimum atomic E-state index is -0.0392. The molecule has 0 amide bonds. The van der Waals surface area contributed by atoms with Crippen molar-refractivity contribution >= 4 is 21.7 Å². The van der Waals surface area contributed by atoms with E-state index in [0.717, 1.165) is 22.4 Å². The SMILES string of the molecule is CC(C)(C)Cc1nc(N)c(Br)c(C(C)(C)C)n1. The summed E-state index contributed by atoms with van der Waals surface area (Å²) in [6, 6.07) is 0. The quantitative estimate of drug-likeness (QED) is 0.860. The van der Waals surface area contributed by atoms with Crippen LogP contribution in [0.5, 0.6) is 0 Å². The molecule has 1 aromatic rings. The van der Waals surface area contributed by atoms with Crippen LogP contribution in [0.3, 0.4) is 0 Å². The Balaban J connectivity index is 3.25. The summed E-state index contributed by atoms with van der Waals surface area (Å²) in [5, 5.41) is 0. The third kappa shape index (κ3) is 3.95. The number of halogens is 1. The molecule has 0 radical (unpaired) electrons. The second-order valence-corrected chi connectivity index (χ2v) is 7.47. The summed E-state index contributed by atoms with van der Waals surface area (Å²) in [7, 11) is 0. The third-order valence-corrected chi connectivity index (χ3v) is 3.10. The molecule has 17 heavy (non-hydrogen) atoms. The highest BCUT2D eigenvalue weighted by atomic mass is 79.9. The van der Waals surface area contributed by atoms with Crippen molar-refractivity contribution in [2.45, 2.75) is 53.4 Å². The summed E-state index contributed by atoms with van der Waals surface area (Å²) < 4.78 is 0.822. The summed E-state index contributed by atoms with van der Waals surface area (Å²) in [6.07, 6.45) is 0.827. The van der Waals surface area contributed by atoms with Gasteiger partial charge in [0.25, 0.3) is 0 Å².